The molecule has 0 bridgehead atoms. The van der Waals surface area contributed by atoms with E-state index in [0.29, 0.717) is 10.6 Å². The van der Waals surface area contributed by atoms with Crippen molar-refractivity contribution in [3.05, 3.63) is 63.6 Å². The van der Waals surface area contributed by atoms with Gasteiger partial charge in [0.25, 0.3) is 0 Å². The molecule has 0 radical (unpaired) electrons. The van der Waals surface area contributed by atoms with Gasteiger partial charge in [-0.25, -0.2) is 0 Å². The smallest absolute Gasteiger partial charge is 0.161 e. The van der Waals surface area contributed by atoms with Gasteiger partial charge < -0.3 is 0 Å². The quantitative estimate of drug-likeness (QED) is 0.549. The van der Waals surface area contributed by atoms with Gasteiger partial charge in [0.2, 0.25) is 0 Å². The number of halogens is 2. The van der Waals surface area contributed by atoms with Gasteiger partial charge in [-0.15, -0.1) is 11.8 Å². The Morgan fingerprint density at radius 3 is 2.47 bits per heavy atom. The monoisotopic (exact) mass is 310 g/mol. The molecule has 0 heterocycles. The fourth-order valence-corrected chi connectivity index (χ4v) is 3.25. The lowest BCUT2D eigenvalue weighted by molar-refractivity contribution is 0.101. The number of Topliss-reactive ketones (excluding diaryl/α,β-unsaturated/α-hetero) is 1. The molecular weight excluding hydrogens is 299 g/mol. The molecule has 2 rings (SSSR count). The number of benzene rings is 2. The molecule has 2 aromatic rings. The van der Waals surface area contributed by atoms with Crippen LogP contribution in [0.2, 0.25) is 10.0 Å². The highest BCUT2D eigenvalue weighted by Gasteiger charge is 2.07. The number of carbonyl (C=O) groups is 1. The third kappa shape index (κ3) is 3.75. The molecule has 0 unspecified atom stereocenters. The number of rotatable bonds is 4. The van der Waals surface area contributed by atoms with Crippen molar-refractivity contribution >= 4 is 40.7 Å². The molecule has 0 saturated heterocycles. The largest absolute Gasteiger partial charge is 0.294 e. The van der Waals surface area contributed by atoms with E-state index in [-0.39, 0.29) is 5.78 Å². The minimum atomic E-state index is -0.0207. The van der Waals surface area contributed by atoms with Crippen LogP contribution in [-0.4, -0.2) is 5.78 Å². The average molecular weight is 311 g/mol. The Kier molecular flexibility index (Phi) is 4.92. The van der Waals surface area contributed by atoms with Crippen LogP contribution in [-0.2, 0) is 5.75 Å². The summed E-state index contributed by atoms with van der Waals surface area (Å²) in [5, 5.41) is 1.26. The van der Waals surface area contributed by atoms with Gasteiger partial charge in [0.05, 0.1) is 5.02 Å². The van der Waals surface area contributed by atoms with Crippen molar-refractivity contribution in [3.8, 4) is 0 Å². The Labute approximate surface area is 126 Å². The van der Waals surface area contributed by atoms with Gasteiger partial charge in [0.1, 0.15) is 0 Å². The SMILES string of the molecule is CC(=O)c1ccc(SCc2ccccc2Cl)cc1Cl. The van der Waals surface area contributed by atoms with E-state index in [1.54, 1.807) is 17.8 Å². The van der Waals surface area contributed by atoms with Gasteiger partial charge in [-0.2, -0.15) is 0 Å². The van der Waals surface area contributed by atoms with E-state index in [0.717, 1.165) is 21.2 Å². The molecule has 2 aromatic carbocycles. The predicted octanol–water partition coefficient (Wildman–Crippen LogP) is 5.49. The maximum absolute atomic E-state index is 11.3. The molecule has 98 valence electrons. The van der Waals surface area contributed by atoms with Crippen molar-refractivity contribution in [2.45, 2.75) is 17.6 Å². The molecule has 0 amide bonds. The zero-order chi connectivity index (χ0) is 13.8. The number of thioether (sulfide) groups is 1. The molecule has 0 aromatic heterocycles. The number of hydrogen-bond donors (Lipinski definition) is 0. The first-order valence-electron chi connectivity index (χ1n) is 5.74. The van der Waals surface area contributed by atoms with Gasteiger partial charge in [-0.05, 0) is 36.8 Å². The predicted molar refractivity (Wildman–Crippen MR) is 82.5 cm³/mol. The molecule has 0 aliphatic rings. The zero-order valence-corrected chi connectivity index (χ0v) is 12.6. The lowest BCUT2D eigenvalue weighted by atomic mass is 10.1. The molecule has 0 aliphatic carbocycles. The summed E-state index contributed by atoms with van der Waals surface area (Å²) < 4.78 is 0. The normalized spacial score (nSPS) is 10.5. The third-order valence-electron chi connectivity index (χ3n) is 2.67. The van der Waals surface area contributed by atoms with Crippen LogP contribution in [0.25, 0.3) is 0 Å². The summed E-state index contributed by atoms with van der Waals surface area (Å²) in [6, 6.07) is 13.2. The van der Waals surface area contributed by atoms with Gasteiger partial charge in [0.15, 0.2) is 5.78 Å². The summed E-state index contributed by atoms with van der Waals surface area (Å²) in [7, 11) is 0. The van der Waals surface area contributed by atoms with Crippen LogP contribution in [0.5, 0.6) is 0 Å². The van der Waals surface area contributed by atoms with Crippen molar-refractivity contribution in [2.24, 2.45) is 0 Å². The molecule has 0 atom stereocenters. The van der Waals surface area contributed by atoms with Crippen LogP contribution in [0.15, 0.2) is 47.4 Å². The third-order valence-corrected chi connectivity index (χ3v) is 4.40. The Morgan fingerprint density at radius 2 is 1.84 bits per heavy atom. The number of ketones is 1. The van der Waals surface area contributed by atoms with E-state index >= 15 is 0 Å². The molecule has 0 spiro atoms. The highest BCUT2D eigenvalue weighted by molar-refractivity contribution is 7.98. The van der Waals surface area contributed by atoms with E-state index in [1.807, 2.05) is 36.4 Å². The second kappa shape index (κ2) is 6.47. The Morgan fingerprint density at radius 1 is 1.11 bits per heavy atom. The molecule has 0 saturated carbocycles. The molecular formula is C15H12Cl2OS. The fraction of sp³-hybridized carbons (Fsp3) is 0.133. The van der Waals surface area contributed by atoms with Crippen LogP contribution < -0.4 is 0 Å². The second-order valence-electron chi connectivity index (χ2n) is 4.08. The van der Waals surface area contributed by atoms with Crippen LogP contribution in [0, 0.1) is 0 Å². The van der Waals surface area contributed by atoms with Gasteiger partial charge in [-0.3, -0.25) is 4.79 Å². The number of carbonyl (C=O) groups excluding carboxylic acids is 1. The molecule has 1 nitrogen and oxygen atoms in total. The first-order chi connectivity index (χ1) is 9.08. The molecule has 0 fully saturated rings. The van der Waals surface area contributed by atoms with E-state index in [4.69, 9.17) is 23.2 Å². The standard InChI is InChI=1S/C15H12Cl2OS/c1-10(18)13-7-6-12(8-15(13)17)19-9-11-4-2-3-5-14(11)16/h2-8H,9H2,1H3. The van der Waals surface area contributed by atoms with E-state index in [1.165, 1.54) is 6.92 Å². The zero-order valence-electron chi connectivity index (χ0n) is 10.3. The molecule has 0 aliphatic heterocycles. The maximum Gasteiger partial charge on any atom is 0.161 e. The van der Waals surface area contributed by atoms with Crippen molar-refractivity contribution in [1.82, 2.24) is 0 Å². The summed E-state index contributed by atoms with van der Waals surface area (Å²) in [4.78, 5) is 12.3. The second-order valence-corrected chi connectivity index (χ2v) is 5.94. The van der Waals surface area contributed by atoms with Gasteiger partial charge in [0, 0.05) is 21.2 Å². The van der Waals surface area contributed by atoms with E-state index in [2.05, 4.69) is 0 Å². The highest BCUT2D eigenvalue weighted by Crippen LogP contribution is 2.29. The summed E-state index contributed by atoms with van der Waals surface area (Å²) >= 11 is 13.8. The maximum atomic E-state index is 11.3. The van der Waals surface area contributed by atoms with Crippen molar-refractivity contribution < 1.29 is 4.79 Å². The van der Waals surface area contributed by atoms with Crippen molar-refractivity contribution in [2.75, 3.05) is 0 Å². The van der Waals surface area contributed by atoms with Crippen LogP contribution >= 0.6 is 35.0 Å². The fourth-order valence-electron chi connectivity index (χ4n) is 1.65. The van der Waals surface area contributed by atoms with E-state index in [9.17, 15) is 4.79 Å². The minimum Gasteiger partial charge on any atom is -0.294 e. The van der Waals surface area contributed by atoms with Gasteiger partial charge in [-0.1, -0.05) is 41.4 Å². The van der Waals surface area contributed by atoms with Crippen LogP contribution in [0.3, 0.4) is 0 Å². The Balaban J connectivity index is 2.11. The van der Waals surface area contributed by atoms with Crippen LogP contribution in [0.4, 0.5) is 0 Å². The van der Waals surface area contributed by atoms with Crippen molar-refractivity contribution in [1.29, 1.82) is 0 Å². The highest BCUT2D eigenvalue weighted by atomic mass is 35.5. The average Bonchev–Trinajstić information content (AvgIpc) is 2.37. The van der Waals surface area contributed by atoms with Crippen LogP contribution in [0.1, 0.15) is 22.8 Å². The van der Waals surface area contributed by atoms with Crippen molar-refractivity contribution in [3.63, 3.8) is 0 Å². The summed E-state index contributed by atoms with van der Waals surface area (Å²) in [5.41, 5.74) is 1.64. The summed E-state index contributed by atoms with van der Waals surface area (Å²) in [6.07, 6.45) is 0. The topological polar surface area (TPSA) is 17.1 Å². The lowest BCUT2D eigenvalue weighted by Gasteiger charge is -2.06. The number of hydrogen-bond acceptors (Lipinski definition) is 2. The Hall–Kier alpha value is -0.960. The van der Waals surface area contributed by atoms with Gasteiger partial charge >= 0.3 is 0 Å². The summed E-state index contributed by atoms with van der Waals surface area (Å²) in [6.45, 7) is 1.51. The molecule has 4 heteroatoms. The first kappa shape index (κ1) is 14.4. The van der Waals surface area contributed by atoms with E-state index < -0.39 is 0 Å². The molecule has 19 heavy (non-hydrogen) atoms. The first-order valence-corrected chi connectivity index (χ1v) is 7.49. The Bertz CT molecular complexity index is 611. The minimum absolute atomic E-state index is 0.0207. The summed E-state index contributed by atoms with van der Waals surface area (Å²) in [5.74, 6) is 0.753. The molecule has 0 N–H and O–H groups in total. The lowest BCUT2D eigenvalue weighted by Crippen LogP contribution is -1.93.